The lowest BCUT2D eigenvalue weighted by Gasteiger charge is -2.17. The first-order valence-corrected chi connectivity index (χ1v) is 6.55. The Balaban J connectivity index is 2.50. The van der Waals surface area contributed by atoms with Crippen LogP contribution in [0.25, 0.3) is 0 Å². The summed E-state index contributed by atoms with van der Waals surface area (Å²) in [6, 6.07) is 5.13. The summed E-state index contributed by atoms with van der Waals surface area (Å²) in [4.78, 5) is 23.4. The van der Waals surface area contributed by atoms with Crippen LogP contribution in [0.4, 0.5) is 0 Å². The zero-order chi connectivity index (χ0) is 15.1. The van der Waals surface area contributed by atoms with E-state index in [4.69, 9.17) is 5.73 Å². The minimum absolute atomic E-state index is 0.164. The smallest absolute Gasteiger partial charge is 0.242 e. The van der Waals surface area contributed by atoms with Gasteiger partial charge in [-0.15, -0.1) is 0 Å². The van der Waals surface area contributed by atoms with Crippen molar-refractivity contribution in [1.29, 1.82) is 0 Å². The van der Waals surface area contributed by atoms with Gasteiger partial charge in [0, 0.05) is 6.54 Å². The quantitative estimate of drug-likeness (QED) is 0.584. The number of nitrogens with one attached hydrogen (secondary N) is 2. The summed E-state index contributed by atoms with van der Waals surface area (Å²) in [6.45, 7) is 3.93. The van der Waals surface area contributed by atoms with Crippen LogP contribution in [0.2, 0.25) is 0 Å². The Bertz CT molecular complexity index is 459. The predicted octanol–water partition coefficient (Wildman–Crippen LogP) is -0.0972. The van der Waals surface area contributed by atoms with Gasteiger partial charge in [0.05, 0.1) is 6.04 Å². The molecule has 0 heterocycles. The van der Waals surface area contributed by atoms with Gasteiger partial charge in [-0.25, -0.2) is 0 Å². The number of rotatable bonds is 6. The van der Waals surface area contributed by atoms with Crippen LogP contribution in [0.5, 0.6) is 5.75 Å². The maximum absolute atomic E-state index is 11.9. The third-order valence-electron chi connectivity index (χ3n) is 2.83. The topological polar surface area (TPSA) is 104 Å². The zero-order valence-electron chi connectivity index (χ0n) is 11.7. The van der Waals surface area contributed by atoms with Gasteiger partial charge in [-0.1, -0.05) is 12.1 Å². The van der Waals surface area contributed by atoms with Crippen molar-refractivity contribution >= 4 is 11.8 Å². The number of aromatic hydroxyl groups is 1. The third-order valence-corrected chi connectivity index (χ3v) is 2.83. The second-order valence-corrected chi connectivity index (χ2v) is 4.60. The second kappa shape index (κ2) is 7.49. The highest BCUT2D eigenvalue weighted by molar-refractivity contribution is 5.89. The lowest BCUT2D eigenvalue weighted by molar-refractivity contribution is -0.129. The van der Waals surface area contributed by atoms with Gasteiger partial charge in [0.25, 0.3) is 0 Å². The molecule has 2 atom stereocenters. The van der Waals surface area contributed by atoms with E-state index in [-0.39, 0.29) is 17.6 Å². The summed E-state index contributed by atoms with van der Waals surface area (Å²) in [5, 5.41) is 14.4. The summed E-state index contributed by atoms with van der Waals surface area (Å²) in [7, 11) is 0. The molecule has 1 rings (SSSR count). The number of amides is 2. The van der Waals surface area contributed by atoms with E-state index in [9.17, 15) is 14.7 Å². The first-order valence-electron chi connectivity index (χ1n) is 6.55. The Hall–Kier alpha value is -2.08. The molecule has 110 valence electrons. The Morgan fingerprint density at radius 2 is 1.85 bits per heavy atom. The maximum atomic E-state index is 11.9. The fraction of sp³-hybridized carbons (Fsp3) is 0.429. The summed E-state index contributed by atoms with van der Waals surface area (Å²) < 4.78 is 0. The Kier molecular flexibility index (Phi) is 5.99. The lowest BCUT2D eigenvalue weighted by Crippen LogP contribution is -2.50. The standard InChI is InChI=1S/C14H21N3O3/c1-3-16-13(19)9(2)17-14(20)12(15)8-10-4-6-11(18)7-5-10/h4-7,9,12,18H,3,8,15H2,1-2H3,(H,16,19)(H,17,20). The molecular formula is C14H21N3O3. The molecule has 0 radical (unpaired) electrons. The number of carbonyl (C=O) groups excluding carboxylic acids is 2. The second-order valence-electron chi connectivity index (χ2n) is 4.60. The van der Waals surface area contributed by atoms with Crippen molar-refractivity contribution in [2.24, 2.45) is 5.73 Å². The van der Waals surface area contributed by atoms with Crippen molar-refractivity contribution in [3.63, 3.8) is 0 Å². The van der Waals surface area contributed by atoms with Gasteiger partial charge < -0.3 is 21.5 Å². The van der Waals surface area contributed by atoms with Crippen LogP contribution >= 0.6 is 0 Å². The van der Waals surface area contributed by atoms with Gasteiger partial charge in [0.15, 0.2) is 0 Å². The average Bonchev–Trinajstić information content (AvgIpc) is 2.41. The van der Waals surface area contributed by atoms with E-state index >= 15 is 0 Å². The highest BCUT2D eigenvalue weighted by Crippen LogP contribution is 2.10. The van der Waals surface area contributed by atoms with E-state index in [0.717, 1.165) is 5.56 Å². The van der Waals surface area contributed by atoms with Crippen molar-refractivity contribution in [2.75, 3.05) is 6.54 Å². The van der Waals surface area contributed by atoms with Crippen LogP contribution in [0.15, 0.2) is 24.3 Å². The number of likely N-dealkylation sites (N-methyl/N-ethyl adjacent to an activating group) is 1. The monoisotopic (exact) mass is 279 g/mol. The summed E-state index contributed by atoms with van der Waals surface area (Å²) in [5.41, 5.74) is 6.65. The van der Waals surface area contributed by atoms with Crippen molar-refractivity contribution in [1.82, 2.24) is 10.6 Å². The number of benzene rings is 1. The molecule has 0 aliphatic carbocycles. The van der Waals surface area contributed by atoms with E-state index in [1.165, 1.54) is 12.1 Å². The number of carbonyl (C=O) groups is 2. The highest BCUT2D eigenvalue weighted by Gasteiger charge is 2.19. The molecule has 0 aliphatic rings. The third kappa shape index (κ3) is 4.89. The van der Waals surface area contributed by atoms with Crippen LogP contribution in [0, 0.1) is 0 Å². The van der Waals surface area contributed by atoms with Crippen molar-refractivity contribution in [3.05, 3.63) is 29.8 Å². The Labute approximate surface area is 118 Å². The van der Waals surface area contributed by atoms with E-state index in [1.54, 1.807) is 19.1 Å². The van der Waals surface area contributed by atoms with Gasteiger partial charge in [-0.3, -0.25) is 9.59 Å². The molecular weight excluding hydrogens is 258 g/mol. The number of phenols is 1. The fourth-order valence-corrected chi connectivity index (χ4v) is 1.69. The van der Waals surface area contributed by atoms with Gasteiger partial charge >= 0.3 is 0 Å². The number of phenolic OH excluding ortho intramolecular Hbond substituents is 1. The van der Waals surface area contributed by atoms with Gasteiger partial charge in [0.2, 0.25) is 11.8 Å². The molecule has 0 saturated heterocycles. The van der Waals surface area contributed by atoms with Gasteiger partial charge in [-0.2, -0.15) is 0 Å². The van der Waals surface area contributed by atoms with E-state index in [0.29, 0.717) is 13.0 Å². The molecule has 6 heteroatoms. The first-order chi connectivity index (χ1) is 9.43. The van der Waals surface area contributed by atoms with E-state index in [1.807, 2.05) is 6.92 Å². The molecule has 0 spiro atoms. The number of nitrogens with two attached hydrogens (primary N) is 1. The van der Waals surface area contributed by atoms with Crippen LogP contribution in [-0.2, 0) is 16.0 Å². The molecule has 0 saturated carbocycles. The van der Waals surface area contributed by atoms with Crippen molar-refractivity contribution in [2.45, 2.75) is 32.4 Å². The van der Waals surface area contributed by atoms with E-state index in [2.05, 4.69) is 10.6 Å². The summed E-state index contributed by atoms with van der Waals surface area (Å²) >= 11 is 0. The normalized spacial score (nSPS) is 13.3. The number of hydrogen-bond acceptors (Lipinski definition) is 4. The molecule has 2 unspecified atom stereocenters. The van der Waals surface area contributed by atoms with Crippen LogP contribution in [0.3, 0.4) is 0 Å². The average molecular weight is 279 g/mol. The Morgan fingerprint density at radius 3 is 2.40 bits per heavy atom. The van der Waals surface area contributed by atoms with E-state index < -0.39 is 12.1 Å². The van der Waals surface area contributed by atoms with Gasteiger partial charge in [-0.05, 0) is 38.0 Å². The zero-order valence-corrected chi connectivity index (χ0v) is 11.7. The van der Waals surface area contributed by atoms with Crippen LogP contribution in [0.1, 0.15) is 19.4 Å². The minimum atomic E-state index is -0.739. The van der Waals surface area contributed by atoms with Crippen molar-refractivity contribution < 1.29 is 14.7 Å². The molecule has 0 bridgehead atoms. The molecule has 1 aromatic rings. The molecule has 20 heavy (non-hydrogen) atoms. The predicted molar refractivity (Wildman–Crippen MR) is 76.1 cm³/mol. The first kappa shape index (κ1) is 16.0. The van der Waals surface area contributed by atoms with Crippen molar-refractivity contribution in [3.8, 4) is 5.75 Å². The SMILES string of the molecule is CCNC(=O)C(C)NC(=O)C(N)Cc1ccc(O)cc1. The molecule has 5 N–H and O–H groups in total. The van der Waals surface area contributed by atoms with Crippen LogP contribution in [-0.4, -0.2) is 35.5 Å². The van der Waals surface area contributed by atoms with Gasteiger partial charge in [0.1, 0.15) is 11.8 Å². The lowest BCUT2D eigenvalue weighted by atomic mass is 10.1. The van der Waals surface area contributed by atoms with Crippen LogP contribution < -0.4 is 16.4 Å². The maximum Gasteiger partial charge on any atom is 0.242 e. The molecule has 1 aromatic carbocycles. The molecule has 0 aliphatic heterocycles. The molecule has 0 aromatic heterocycles. The summed E-state index contributed by atoms with van der Waals surface area (Å²) in [6.07, 6.45) is 0.341. The molecule has 0 fully saturated rings. The summed E-state index contributed by atoms with van der Waals surface area (Å²) in [5.74, 6) is -0.453. The minimum Gasteiger partial charge on any atom is -0.508 e. The highest BCUT2D eigenvalue weighted by atomic mass is 16.3. The molecule has 6 nitrogen and oxygen atoms in total. The Morgan fingerprint density at radius 1 is 1.25 bits per heavy atom. The largest absolute Gasteiger partial charge is 0.508 e. The number of hydrogen-bond donors (Lipinski definition) is 4. The fourth-order valence-electron chi connectivity index (χ4n) is 1.69. The molecule has 2 amide bonds.